The van der Waals surface area contributed by atoms with Crippen molar-refractivity contribution in [3.63, 3.8) is 0 Å². The molecule has 0 unspecified atom stereocenters. The summed E-state index contributed by atoms with van der Waals surface area (Å²) in [5, 5.41) is 14.2. The van der Waals surface area contributed by atoms with Crippen LogP contribution in [-0.2, 0) is 0 Å². The molecule has 1 aromatic heterocycles. The molecule has 1 aliphatic heterocycles. The van der Waals surface area contributed by atoms with Crippen molar-refractivity contribution in [3.05, 3.63) is 27.9 Å². The molecule has 0 amide bonds. The van der Waals surface area contributed by atoms with Gasteiger partial charge < -0.3 is 10.2 Å². The summed E-state index contributed by atoms with van der Waals surface area (Å²) >= 11 is 0. The number of anilines is 1. The van der Waals surface area contributed by atoms with E-state index in [-0.39, 0.29) is 10.6 Å². The van der Waals surface area contributed by atoms with Gasteiger partial charge in [-0.15, -0.1) is 0 Å². The highest BCUT2D eigenvalue weighted by molar-refractivity contribution is 5.59. The Kier molecular flexibility index (Phi) is 4.31. The second kappa shape index (κ2) is 5.97. The summed E-state index contributed by atoms with van der Waals surface area (Å²) in [7, 11) is 2.12. The Morgan fingerprint density at radius 1 is 1.53 bits per heavy atom. The van der Waals surface area contributed by atoms with Crippen LogP contribution in [0.25, 0.3) is 0 Å². The zero-order valence-corrected chi connectivity index (χ0v) is 11.4. The van der Waals surface area contributed by atoms with Crippen molar-refractivity contribution in [3.8, 4) is 0 Å². The van der Waals surface area contributed by atoms with Gasteiger partial charge in [-0.1, -0.05) is 0 Å². The lowest BCUT2D eigenvalue weighted by Gasteiger charge is -2.29. The predicted molar refractivity (Wildman–Crippen MR) is 74.3 cm³/mol. The Labute approximate surface area is 113 Å². The number of hydrogen-bond donors (Lipinski definition) is 1. The fourth-order valence-electron chi connectivity index (χ4n) is 2.42. The van der Waals surface area contributed by atoms with Crippen LogP contribution >= 0.6 is 0 Å². The number of nitro groups is 1. The van der Waals surface area contributed by atoms with Gasteiger partial charge in [0.1, 0.15) is 0 Å². The number of likely N-dealkylation sites (tertiary alicyclic amines) is 1. The summed E-state index contributed by atoms with van der Waals surface area (Å²) in [6, 6.07) is 1.67. The first-order chi connectivity index (χ1) is 9.08. The Hall–Kier alpha value is -1.69. The fraction of sp³-hybridized carbons (Fsp3) is 0.615. The van der Waals surface area contributed by atoms with Crippen molar-refractivity contribution < 1.29 is 4.92 Å². The number of piperidine rings is 1. The van der Waals surface area contributed by atoms with Crippen LogP contribution in [0.2, 0.25) is 0 Å². The predicted octanol–water partition coefficient (Wildman–Crippen LogP) is 2.05. The lowest BCUT2D eigenvalue weighted by atomic mass is 9.97. The highest BCUT2D eigenvalue weighted by Crippen LogP contribution is 2.26. The van der Waals surface area contributed by atoms with Crippen molar-refractivity contribution in [2.24, 2.45) is 5.92 Å². The SMILES string of the molecule is Cc1ccnc(NCC2CCN(C)CC2)c1[N+](=O)[O-]. The van der Waals surface area contributed by atoms with Gasteiger partial charge in [0.15, 0.2) is 0 Å². The Morgan fingerprint density at radius 3 is 2.84 bits per heavy atom. The maximum Gasteiger partial charge on any atom is 0.314 e. The molecule has 0 aromatic carbocycles. The van der Waals surface area contributed by atoms with Gasteiger partial charge in [-0.05, 0) is 51.9 Å². The molecule has 2 heterocycles. The van der Waals surface area contributed by atoms with Crippen molar-refractivity contribution in [1.29, 1.82) is 0 Å². The van der Waals surface area contributed by atoms with E-state index in [4.69, 9.17) is 0 Å². The Balaban J connectivity index is 2.00. The average molecular weight is 264 g/mol. The van der Waals surface area contributed by atoms with Crippen LogP contribution < -0.4 is 5.32 Å². The lowest BCUT2D eigenvalue weighted by molar-refractivity contribution is -0.384. The molecule has 1 saturated heterocycles. The Bertz CT molecular complexity index is 456. The van der Waals surface area contributed by atoms with Gasteiger partial charge in [-0.25, -0.2) is 4.98 Å². The van der Waals surface area contributed by atoms with Crippen LogP contribution in [0.15, 0.2) is 12.3 Å². The number of nitrogens with one attached hydrogen (secondary N) is 1. The largest absolute Gasteiger partial charge is 0.364 e. The summed E-state index contributed by atoms with van der Waals surface area (Å²) < 4.78 is 0. The molecule has 104 valence electrons. The van der Waals surface area contributed by atoms with Gasteiger partial charge in [-0.2, -0.15) is 0 Å². The zero-order valence-electron chi connectivity index (χ0n) is 11.4. The minimum atomic E-state index is -0.362. The van der Waals surface area contributed by atoms with E-state index < -0.39 is 0 Å². The van der Waals surface area contributed by atoms with Crippen LogP contribution in [0, 0.1) is 23.0 Å². The van der Waals surface area contributed by atoms with Gasteiger partial charge in [0.25, 0.3) is 0 Å². The normalized spacial score (nSPS) is 17.4. The van der Waals surface area contributed by atoms with E-state index >= 15 is 0 Å². The molecule has 0 aliphatic carbocycles. The summed E-state index contributed by atoms with van der Waals surface area (Å²) in [5.74, 6) is 0.960. The molecule has 1 N–H and O–H groups in total. The van der Waals surface area contributed by atoms with Crippen LogP contribution in [0.1, 0.15) is 18.4 Å². The van der Waals surface area contributed by atoms with Gasteiger partial charge >= 0.3 is 5.69 Å². The smallest absolute Gasteiger partial charge is 0.314 e. The average Bonchev–Trinajstić information content (AvgIpc) is 2.37. The van der Waals surface area contributed by atoms with E-state index in [1.54, 1.807) is 19.2 Å². The van der Waals surface area contributed by atoms with Crippen molar-refractivity contribution in [1.82, 2.24) is 9.88 Å². The fourth-order valence-corrected chi connectivity index (χ4v) is 2.42. The van der Waals surface area contributed by atoms with Crippen molar-refractivity contribution in [2.75, 3.05) is 32.0 Å². The molecule has 1 aromatic rings. The lowest BCUT2D eigenvalue weighted by Crippen LogP contribution is -2.33. The number of aromatic nitrogens is 1. The maximum atomic E-state index is 11.1. The summed E-state index contributed by atoms with van der Waals surface area (Å²) in [5.41, 5.74) is 0.737. The number of pyridine rings is 1. The van der Waals surface area contributed by atoms with E-state index in [1.807, 2.05) is 0 Å². The molecule has 6 nitrogen and oxygen atoms in total. The molecule has 6 heteroatoms. The third-order valence-electron chi connectivity index (χ3n) is 3.70. The van der Waals surface area contributed by atoms with Crippen LogP contribution in [0.3, 0.4) is 0 Å². The highest BCUT2D eigenvalue weighted by atomic mass is 16.6. The molecular weight excluding hydrogens is 244 g/mol. The van der Waals surface area contributed by atoms with Gasteiger partial charge in [-0.3, -0.25) is 10.1 Å². The van der Waals surface area contributed by atoms with Gasteiger partial charge in [0, 0.05) is 18.3 Å². The summed E-state index contributed by atoms with van der Waals surface area (Å²) in [6.45, 7) is 4.68. The standard InChI is InChI=1S/C13H20N4O2/c1-10-3-6-14-13(12(10)17(18)19)15-9-11-4-7-16(2)8-5-11/h3,6,11H,4-5,7-9H2,1-2H3,(H,14,15). The van der Waals surface area contributed by atoms with Crippen LogP contribution in [0.5, 0.6) is 0 Å². The molecule has 0 radical (unpaired) electrons. The van der Waals surface area contributed by atoms with E-state index in [9.17, 15) is 10.1 Å². The molecule has 1 aliphatic rings. The maximum absolute atomic E-state index is 11.1. The Morgan fingerprint density at radius 2 is 2.21 bits per heavy atom. The third-order valence-corrected chi connectivity index (χ3v) is 3.70. The first kappa shape index (κ1) is 13.7. The van der Waals surface area contributed by atoms with Crippen molar-refractivity contribution in [2.45, 2.75) is 19.8 Å². The summed E-state index contributed by atoms with van der Waals surface area (Å²) in [4.78, 5) is 17.1. The van der Waals surface area contributed by atoms with Gasteiger partial charge in [0.2, 0.25) is 5.82 Å². The number of aryl methyl sites for hydroxylation is 1. The molecule has 0 spiro atoms. The quantitative estimate of drug-likeness (QED) is 0.665. The molecular formula is C13H20N4O2. The second-order valence-electron chi connectivity index (χ2n) is 5.21. The number of nitrogens with zero attached hydrogens (tertiary/aromatic N) is 3. The molecule has 1 fully saturated rings. The molecule has 2 rings (SSSR count). The van der Waals surface area contributed by atoms with E-state index in [0.717, 1.165) is 32.5 Å². The first-order valence-corrected chi connectivity index (χ1v) is 6.60. The number of hydrogen-bond acceptors (Lipinski definition) is 5. The monoisotopic (exact) mass is 264 g/mol. The van der Waals surface area contributed by atoms with Crippen molar-refractivity contribution >= 4 is 11.5 Å². The molecule has 0 bridgehead atoms. The minimum absolute atomic E-state index is 0.0930. The topological polar surface area (TPSA) is 71.3 Å². The van der Waals surface area contributed by atoms with Gasteiger partial charge in [0.05, 0.1) is 4.92 Å². The summed E-state index contributed by atoms with van der Waals surface area (Å²) in [6.07, 6.45) is 3.87. The van der Waals surface area contributed by atoms with Crippen LogP contribution in [0.4, 0.5) is 11.5 Å². The highest BCUT2D eigenvalue weighted by Gasteiger charge is 2.21. The minimum Gasteiger partial charge on any atom is -0.364 e. The zero-order chi connectivity index (χ0) is 13.8. The molecule has 0 atom stereocenters. The third kappa shape index (κ3) is 3.41. The second-order valence-corrected chi connectivity index (χ2v) is 5.21. The van der Waals surface area contributed by atoms with E-state index in [2.05, 4.69) is 22.2 Å². The molecule has 0 saturated carbocycles. The van der Waals surface area contributed by atoms with Crippen LogP contribution in [-0.4, -0.2) is 41.5 Å². The number of rotatable bonds is 4. The van der Waals surface area contributed by atoms with E-state index in [1.165, 1.54) is 0 Å². The first-order valence-electron chi connectivity index (χ1n) is 6.60. The molecule has 19 heavy (non-hydrogen) atoms. The van der Waals surface area contributed by atoms with E-state index in [0.29, 0.717) is 17.3 Å².